The van der Waals surface area contributed by atoms with Crippen LogP contribution in [0, 0.1) is 0 Å². The molecule has 0 aliphatic heterocycles. The summed E-state index contributed by atoms with van der Waals surface area (Å²) in [6.45, 7) is 5.25. The molecule has 0 aromatic carbocycles. The predicted molar refractivity (Wildman–Crippen MR) is 63.3 cm³/mol. The van der Waals surface area contributed by atoms with Gasteiger partial charge in [-0.3, -0.25) is 9.59 Å². The van der Waals surface area contributed by atoms with E-state index in [1.54, 1.807) is 0 Å². The monoisotopic (exact) mass is 232 g/mol. The van der Waals surface area contributed by atoms with Gasteiger partial charge in [0.25, 0.3) is 6.47 Å². The van der Waals surface area contributed by atoms with E-state index in [9.17, 15) is 9.59 Å². The topological polar surface area (TPSA) is 63.6 Å². The van der Waals surface area contributed by atoms with Crippen molar-refractivity contribution >= 4 is 12.4 Å². The summed E-state index contributed by atoms with van der Waals surface area (Å²) >= 11 is 0. The smallest absolute Gasteiger partial charge is 0.303 e. The number of hydrogen-bond acceptors (Lipinski definition) is 3. The molecule has 0 aliphatic rings. The van der Waals surface area contributed by atoms with Gasteiger partial charge in [-0.1, -0.05) is 39.5 Å². The lowest BCUT2D eigenvalue weighted by Crippen LogP contribution is -1.92. The minimum absolute atomic E-state index is 0.327. The van der Waals surface area contributed by atoms with Crippen molar-refractivity contribution in [2.24, 2.45) is 0 Å². The molecule has 0 atom stereocenters. The summed E-state index contributed by atoms with van der Waals surface area (Å²) in [5.74, 6) is -0.682. The number of carboxylic acid groups (broad SMARTS) is 1. The van der Waals surface area contributed by atoms with Crippen molar-refractivity contribution in [2.45, 2.75) is 58.8 Å². The van der Waals surface area contributed by atoms with E-state index >= 15 is 0 Å². The largest absolute Gasteiger partial charge is 0.481 e. The second kappa shape index (κ2) is 16.4. The molecule has 0 aromatic rings. The fraction of sp³-hybridized carbons (Fsp3) is 0.833. The van der Waals surface area contributed by atoms with Gasteiger partial charge in [0.2, 0.25) is 0 Å². The third-order valence-corrected chi connectivity index (χ3v) is 1.93. The van der Waals surface area contributed by atoms with Crippen molar-refractivity contribution in [1.82, 2.24) is 0 Å². The molecule has 0 bridgehead atoms. The molecule has 4 heteroatoms. The standard InChI is InChI=1S/2C6H12O2/c1-2-3-4-5-8-6-7;1-2-3-4-5-6(7)8/h6H,2-5H2,1H3;2-5H2,1H3,(H,7,8). The molecule has 0 aromatic heterocycles. The minimum Gasteiger partial charge on any atom is -0.481 e. The quantitative estimate of drug-likeness (QED) is 0.490. The summed E-state index contributed by atoms with van der Waals surface area (Å²) in [5.41, 5.74) is 0. The summed E-state index contributed by atoms with van der Waals surface area (Å²) in [6.07, 6.45) is 6.59. The molecule has 4 nitrogen and oxygen atoms in total. The zero-order valence-corrected chi connectivity index (χ0v) is 10.4. The average Bonchev–Trinajstić information content (AvgIpc) is 2.25. The van der Waals surface area contributed by atoms with Crippen LogP contribution in [-0.4, -0.2) is 24.2 Å². The summed E-state index contributed by atoms with van der Waals surface area (Å²) < 4.78 is 4.46. The zero-order chi connectivity index (χ0) is 12.6. The lowest BCUT2D eigenvalue weighted by Gasteiger charge is -1.93. The van der Waals surface area contributed by atoms with Crippen molar-refractivity contribution < 1.29 is 19.4 Å². The first-order valence-electron chi connectivity index (χ1n) is 5.96. The Morgan fingerprint density at radius 2 is 1.69 bits per heavy atom. The van der Waals surface area contributed by atoms with E-state index < -0.39 is 5.97 Å². The first kappa shape index (κ1) is 17.3. The Kier molecular flexibility index (Phi) is 17.7. The summed E-state index contributed by atoms with van der Waals surface area (Å²) in [6, 6.07) is 0. The number of carbonyl (C=O) groups is 2. The maximum Gasteiger partial charge on any atom is 0.303 e. The van der Waals surface area contributed by atoms with Crippen LogP contribution in [0.2, 0.25) is 0 Å². The normalized spacial score (nSPS) is 8.88. The van der Waals surface area contributed by atoms with Gasteiger partial charge in [-0.05, 0) is 12.8 Å². The first-order chi connectivity index (χ1) is 7.68. The van der Waals surface area contributed by atoms with E-state index in [1.165, 1.54) is 6.42 Å². The van der Waals surface area contributed by atoms with E-state index in [0.29, 0.717) is 19.5 Å². The van der Waals surface area contributed by atoms with E-state index in [0.717, 1.165) is 32.1 Å². The fourth-order valence-corrected chi connectivity index (χ4v) is 1.01. The van der Waals surface area contributed by atoms with E-state index in [4.69, 9.17) is 5.11 Å². The van der Waals surface area contributed by atoms with E-state index in [-0.39, 0.29) is 0 Å². The zero-order valence-electron chi connectivity index (χ0n) is 10.4. The first-order valence-corrected chi connectivity index (χ1v) is 5.96. The number of aliphatic carboxylic acids is 1. The second-order valence-electron chi connectivity index (χ2n) is 3.52. The molecule has 1 N–H and O–H groups in total. The van der Waals surface area contributed by atoms with Crippen LogP contribution in [0.15, 0.2) is 0 Å². The second-order valence-corrected chi connectivity index (χ2v) is 3.52. The average molecular weight is 232 g/mol. The van der Waals surface area contributed by atoms with Crippen LogP contribution in [0.1, 0.15) is 58.8 Å². The van der Waals surface area contributed by atoms with Crippen molar-refractivity contribution in [3.05, 3.63) is 0 Å². The van der Waals surface area contributed by atoms with Gasteiger partial charge in [-0.25, -0.2) is 0 Å². The Hall–Kier alpha value is -1.06. The van der Waals surface area contributed by atoms with E-state index in [2.05, 4.69) is 18.6 Å². The summed E-state index contributed by atoms with van der Waals surface area (Å²) in [4.78, 5) is 19.4. The Labute approximate surface area is 98.0 Å². The number of ether oxygens (including phenoxy) is 1. The van der Waals surface area contributed by atoms with Gasteiger partial charge < -0.3 is 9.84 Å². The Bertz CT molecular complexity index is 157. The molecule has 0 saturated carbocycles. The van der Waals surface area contributed by atoms with Crippen LogP contribution in [0.25, 0.3) is 0 Å². The molecule has 0 amide bonds. The molecule has 0 fully saturated rings. The molecular formula is C12H24O4. The van der Waals surface area contributed by atoms with Crippen LogP contribution in [0.3, 0.4) is 0 Å². The summed E-state index contributed by atoms with van der Waals surface area (Å²) in [5, 5.41) is 8.14. The van der Waals surface area contributed by atoms with Gasteiger partial charge in [-0.2, -0.15) is 0 Å². The van der Waals surface area contributed by atoms with Crippen molar-refractivity contribution in [2.75, 3.05) is 6.61 Å². The van der Waals surface area contributed by atoms with Crippen molar-refractivity contribution in [3.63, 3.8) is 0 Å². The number of carboxylic acids is 1. The third-order valence-electron chi connectivity index (χ3n) is 1.93. The molecule has 0 radical (unpaired) electrons. The van der Waals surface area contributed by atoms with Crippen molar-refractivity contribution in [1.29, 1.82) is 0 Å². The Morgan fingerprint density at radius 3 is 2.12 bits per heavy atom. The molecule has 0 unspecified atom stereocenters. The molecule has 0 heterocycles. The molecule has 0 saturated heterocycles. The fourth-order valence-electron chi connectivity index (χ4n) is 1.01. The van der Waals surface area contributed by atoms with Gasteiger partial charge >= 0.3 is 5.97 Å². The lowest BCUT2D eigenvalue weighted by molar-refractivity contribution is -0.137. The molecule has 16 heavy (non-hydrogen) atoms. The van der Waals surface area contributed by atoms with Crippen LogP contribution in [0.5, 0.6) is 0 Å². The highest BCUT2D eigenvalue weighted by atomic mass is 16.5. The minimum atomic E-state index is -0.682. The number of rotatable bonds is 9. The Morgan fingerprint density at radius 1 is 1.12 bits per heavy atom. The van der Waals surface area contributed by atoms with Crippen LogP contribution >= 0.6 is 0 Å². The van der Waals surface area contributed by atoms with Gasteiger partial charge in [0, 0.05) is 6.42 Å². The number of unbranched alkanes of at least 4 members (excludes halogenated alkanes) is 4. The highest BCUT2D eigenvalue weighted by Crippen LogP contribution is 1.97. The lowest BCUT2D eigenvalue weighted by atomic mass is 10.2. The summed E-state index contributed by atoms with van der Waals surface area (Å²) in [7, 11) is 0. The maximum atomic E-state index is 9.87. The molecular weight excluding hydrogens is 208 g/mol. The number of hydrogen-bond donors (Lipinski definition) is 1. The highest BCUT2D eigenvalue weighted by molar-refractivity contribution is 5.66. The van der Waals surface area contributed by atoms with Crippen molar-refractivity contribution in [3.8, 4) is 0 Å². The molecule has 0 aliphatic carbocycles. The van der Waals surface area contributed by atoms with Gasteiger partial charge in [0.1, 0.15) is 0 Å². The third kappa shape index (κ3) is 23.1. The van der Waals surface area contributed by atoms with Crippen LogP contribution in [-0.2, 0) is 14.3 Å². The van der Waals surface area contributed by atoms with Gasteiger partial charge in [0.05, 0.1) is 6.61 Å². The Balaban J connectivity index is 0. The maximum absolute atomic E-state index is 9.87. The van der Waals surface area contributed by atoms with Gasteiger partial charge in [-0.15, -0.1) is 0 Å². The van der Waals surface area contributed by atoms with Crippen LogP contribution < -0.4 is 0 Å². The highest BCUT2D eigenvalue weighted by Gasteiger charge is 1.92. The number of carbonyl (C=O) groups excluding carboxylic acids is 1. The molecule has 0 rings (SSSR count). The molecule has 96 valence electrons. The van der Waals surface area contributed by atoms with Gasteiger partial charge in [0.15, 0.2) is 0 Å². The molecule has 0 spiro atoms. The predicted octanol–water partition coefficient (Wildman–Crippen LogP) is 3.00. The van der Waals surface area contributed by atoms with Crippen LogP contribution in [0.4, 0.5) is 0 Å². The SMILES string of the molecule is CCCCCC(=O)O.CCCCCOC=O. The van der Waals surface area contributed by atoms with E-state index in [1.807, 2.05) is 0 Å².